The van der Waals surface area contributed by atoms with Gasteiger partial charge < -0.3 is 5.32 Å². The van der Waals surface area contributed by atoms with E-state index < -0.39 is 29.5 Å². The fourth-order valence-corrected chi connectivity index (χ4v) is 3.56. The second-order valence-electron chi connectivity index (χ2n) is 7.46. The molecule has 5 nitrogen and oxygen atoms in total. The number of rotatable bonds is 3. The normalized spacial score (nSPS) is 13.3. The summed E-state index contributed by atoms with van der Waals surface area (Å²) in [4.78, 5) is 39.6. The van der Waals surface area contributed by atoms with Gasteiger partial charge in [-0.3, -0.25) is 14.4 Å². The van der Waals surface area contributed by atoms with Crippen molar-refractivity contribution in [3.8, 4) is 0 Å². The van der Waals surface area contributed by atoms with Gasteiger partial charge in [-0.2, -0.15) is 13.2 Å². The van der Waals surface area contributed by atoms with E-state index in [1.165, 1.54) is 30.3 Å². The summed E-state index contributed by atoms with van der Waals surface area (Å²) < 4.78 is 38.7. The van der Waals surface area contributed by atoms with Gasteiger partial charge in [-0.25, -0.2) is 4.90 Å². The molecule has 0 radical (unpaired) electrons. The van der Waals surface area contributed by atoms with Crippen molar-refractivity contribution >= 4 is 29.1 Å². The zero-order valence-corrected chi connectivity index (χ0v) is 17.1. The first-order valence-corrected chi connectivity index (χ1v) is 9.65. The highest BCUT2D eigenvalue weighted by Crippen LogP contribution is 2.33. The molecule has 162 valence electrons. The third-order valence-corrected chi connectivity index (χ3v) is 5.41. The highest BCUT2D eigenvalue weighted by Gasteiger charge is 2.38. The van der Waals surface area contributed by atoms with E-state index in [1.54, 1.807) is 12.1 Å². The molecule has 3 aromatic rings. The lowest BCUT2D eigenvalue weighted by atomic mass is 10.1. The molecule has 1 heterocycles. The molecule has 3 amide bonds. The van der Waals surface area contributed by atoms with Crippen molar-refractivity contribution in [1.29, 1.82) is 0 Å². The molecule has 0 atom stereocenters. The summed E-state index contributed by atoms with van der Waals surface area (Å²) in [5.41, 5.74) is 1.50. The van der Waals surface area contributed by atoms with Crippen molar-refractivity contribution in [3.63, 3.8) is 0 Å². The first kappa shape index (κ1) is 21.3. The van der Waals surface area contributed by atoms with Gasteiger partial charge in [-0.1, -0.05) is 18.2 Å². The Morgan fingerprint density at radius 2 is 1.56 bits per heavy atom. The number of alkyl halides is 3. The Hall–Kier alpha value is -3.94. The van der Waals surface area contributed by atoms with Gasteiger partial charge in [0.1, 0.15) is 0 Å². The van der Waals surface area contributed by atoms with Crippen molar-refractivity contribution in [2.45, 2.75) is 20.0 Å². The van der Waals surface area contributed by atoms with Crippen LogP contribution >= 0.6 is 0 Å². The molecule has 8 heteroatoms. The van der Waals surface area contributed by atoms with Crippen LogP contribution in [-0.2, 0) is 6.18 Å². The Morgan fingerprint density at radius 3 is 2.28 bits per heavy atom. The summed E-state index contributed by atoms with van der Waals surface area (Å²) in [6, 6.07) is 13.5. The van der Waals surface area contributed by atoms with Crippen LogP contribution in [-0.4, -0.2) is 17.7 Å². The Morgan fingerprint density at radius 1 is 0.875 bits per heavy atom. The summed E-state index contributed by atoms with van der Waals surface area (Å²) in [7, 11) is 0. The topological polar surface area (TPSA) is 66.5 Å². The van der Waals surface area contributed by atoms with Gasteiger partial charge in [0.15, 0.2) is 0 Å². The van der Waals surface area contributed by atoms with Gasteiger partial charge in [0.25, 0.3) is 17.7 Å². The highest BCUT2D eigenvalue weighted by atomic mass is 19.4. The minimum absolute atomic E-state index is 0.0373. The van der Waals surface area contributed by atoms with E-state index in [4.69, 9.17) is 0 Å². The van der Waals surface area contributed by atoms with Crippen molar-refractivity contribution in [1.82, 2.24) is 0 Å². The largest absolute Gasteiger partial charge is 0.416 e. The van der Waals surface area contributed by atoms with Crippen LogP contribution in [0.15, 0.2) is 60.7 Å². The van der Waals surface area contributed by atoms with E-state index in [2.05, 4.69) is 5.32 Å². The molecule has 0 aliphatic carbocycles. The highest BCUT2D eigenvalue weighted by molar-refractivity contribution is 6.35. The standard InChI is InChI=1S/C24H17F3N2O3/c1-13-5-3-8-20(14(13)2)29-22(31)18-10-9-15(11-19(18)23(29)32)21(30)28-17-7-4-6-16(12-17)24(25,26)27/h3-12H,1-2H3,(H,28,30). The lowest BCUT2D eigenvalue weighted by molar-refractivity contribution is -0.137. The quantitative estimate of drug-likeness (QED) is 0.559. The maximum atomic E-state index is 13.0. The van der Waals surface area contributed by atoms with Crippen LogP contribution in [0, 0.1) is 13.8 Å². The van der Waals surface area contributed by atoms with Crippen LogP contribution in [0.3, 0.4) is 0 Å². The van der Waals surface area contributed by atoms with E-state index in [0.29, 0.717) is 5.69 Å². The summed E-state index contributed by atoms with van der Waals surface area (Å²) in [6.07, 6.45) is -4.54. The Labute approximate surface area is 181 Å². The SMILES string of the molecule is Cc1cccc(N2C(=O)c3ccc(C(=O)Nc4cccc(C(F)(F)F)c4)cc3C2=O)c1C. The molecular formula is C24H17F3N2O3. The molecule has 0 unspecified atom stereocenters. The number of anilines is 2. The minimum Gasteiger partial charge on any atom is -0.322 e. The fraction of sp³-hybridized carbons (Fsp3) is 0.125. The van der Waals surface area contributed by atoms with Crippen molar-refractivity contribution in [2.24, 2.45) is 0 Å². The van der Waals surface area contributed by atoms with E-state index in [0.717, 1.165) is 28.2 Å². The number of nitrogens with zero attached hydrogens (tertiary/aromatic N) is 1. The van der Waals surface area contributed by atoms with Crippen LogP contribution in [0.1, 0.15) is 47.8 Å². The smallest absolute Gasteiger partial charge is 0.322 e. The predicted octanol–water partition coefficient (Wildman–Crippen LogP) is 5.38. The predicted molar refractivity (Wildman–Crippen MR) is 113 cm³/mol. The van der Waals surface area contributed by atoms with Crippen LogP contribution in [0.25, 0.3) is 0 Å². The average molecular weight is 438 g/mol. The lowest BCUT2D eigenvalue weighted by Crippen LogP contribution is -2.30. The number of imide groups is 1. The number of hydrogen-bond donors (Lipinski definition) is 1. The third kappa shape index (κ3) is 3.64. The molecule has 0 aromatic heterocycles. The van der Waals surface area contributed by atoms with E-state index in [1.807, 2.05) is 19.9 Å². The molecular weight excluding hydrogens is 421 g/mol. The van der Waals surface area contributed by atoms with Crippen molar-refractivity contribution in [2.75, 3.05) is 10.2 Å². The van der Waals surface area contributed by atoms with Gasteiger partial charge in [0, 0.05) is 11.3 Å². The van der Waals surface area contributed by atoms with Crippen LogP contribution in [0.4, 0.5) is 24.5 Å². The van der Waals surface area contributed by atoms with Gasteiger partial charge in [-0.15, -0.1) is 0 Å². The molecule has 1 aliphatic rings. The monoisotopic (exact) mass is 438 g/mol. The molecule has 0 saturated heterocycles. The van der Waals surface area contributed by atoms with Crippen molar-refractivity contribution in [3.05, 3.63) is 94.0 Å². The molecule has 1 N–H and O–H groups in total. The van der Waals surface area contributed by atoms with Gasteiger partial charge in [0.05, 0.1) is 22.4 Å². The van der Waals surface area contributed by atoms with Gasteiger partial charge in [0.2, 0.25) is 0 Å². The van der Waals surface area contributed by atoms with Crippen LogP contribution in [0.2, 0.25) is 0 Å². The molecule has 0 bridgehead atoms. The summed E-state index contributed by atoms with van der Waals surface area (Å²) in [5, 5.41) is 2.40. The molecule has 4 rings (SSSR count). The van der Waals surface area contributed by atoms with Gasteiger partial charge >= 0.3 is 6.18 Å². The number of benzene rings is 3. The second kappa shape index (κ2) is 7.64. The van der Waals surface area contributed by atoms with Gasteiger partial charge in [-0.05, 0) is 67.4 Å². The zero-order chi connectivity index (χ0) is 23.2. The summed E-state index contributed by atoms with van der Waals surface area (Å²) >= 11 is 0. The van der Waals surface area contributed by atoms with E-state index in [9.17, 15) is 27.6 Å². The Kier molecular flexibility index (Phi) is 5.08. The number of amides is 3. The first-order valence-electron chi connectivity index (χ1n) is 9.65. The Bertz CT molecular complexity index is 1280. The number of halogens is 3. The van der Waals surface area contributed by atoms with Crippen LogP contribution < -0.4 is 10.2 Å². The summed E-state index contributed by atoms with van der Waals surface area (Å²) in [5.74, 6) is -1.76. The third-order valence-electron chi connectivity index (χ3n) is 5.41. The maximum absolute atomic E-state index is 13.0. The number of carbonyl (C=O) groups excluding carboxylic acids is 3. The number of aryl methyl sites for hydroxylation is 1. The Balaban J connectivity index is 1.63. The molecule has 0 spiro atoms. The molecule has 3 aromatic carbocycles. The molecule has 32 heavy (non-hydrogen) atoms. The molecule has 0 fully saturated rings. The van der Waals surface area contributed by atoms with E-state index >= 15 is 0 Å². The number of carbonyl (C=O) groups is 3. The average Bonchev–Trinajstić information content (AvgIpc) is 2.99. The molecule has 1 aliphatic heterocycles. The summed E-state index contributed by atoms with van der Waals surface area (Å²) in [6.45, 7) is 3.68. The first-order chi connectivity index (χ1) is 15.1. The second-order valence-corrected chi connectivity index (χ2v) is 7.46. The molecule has 0 saturated carbocycles. The fourth-order valence-electron chi connectivity index (χ4n) is 3.56. The maximum Gasteiger partial charge on any atom is 0.416 e. The number of fused-ring (bicyclic) bond motifs is 1. The van der Waals surface area contributed by atoms with Crippen LogP contribution in [0.5, 0.6) is 0 Å². The zero-order valence-electron chi connectivity index (χ0n) is 17.1. The van der Waals surface area contributed by atoms with E-state index in [-0.39, 0.29) is 22.4 Å². The number of hydrogen-bond acceptors (Lipinski definition) is 3. The minimum atomic E-state index is -4.54. The number of nitrogens with one attached hydrogen (secondary N) is 1. The lowest BCUT2D eigenvalue weighted by Gasteiger charge is -2.17. The van der Waals surface area contributed by atoms with Crippen molar-refractivity contribution < 1.29 is 27.6 Å².